The predicted molar refractivity (Wildman–Crippen MR) is 64.5 cm³/mol. The number of nitrogens with two attached hydrogens (primary N) is 1. The number of rotatable bonds is 3. The fraction of sp³-hybridized carbons (Fsp3) is 0.400. The number of hydrogen-bond acceptors (Lipinski definition) is 3. The van der Waals surface area contributed by atoms with Crippen LogP contribution in [0.25, 0.3) is 0 Å². The maximum Gasteiger partial charge on any atom is 0.0608 e. The molecule has 4 heteroatoms. The summed E-state index contributed by atoms with van der Waals surface area (Å²) in [4.78, 5) is 0. The molecule has 0 radical (unpaired) electrons. The first-order chi connectivity index (χ1) is 6.75. The summed E-state index contributed by atoms with van der Waals surface area (Å²) in [5.41, 5.74) is 7.89. The zero-order chi connectivity index (χ0) is 9.97. The second-order valence-electron chi connectivity index (χ2n) is 3.33. The zero-order valence-electron chi connectivity index (χ0n) is 7.70. The van der Waals surface area contributed by atoms with E-state index in [9.17, 15) is 0 Å². The maximum absolute atomic E-state index is 5.79. The molecule has 0 aromatic heterocycles. The lowest BCUT2D eigenvalue weighted by Crippen LogP contribution is -2.30. The Morgan fingerprint density at radius 3 is 2.86 bits per heavy atom. The molecule has 2 nitrogen and oxygen atoms in total. The van der Waals surface area contributed by atoms with E-state index in [1.807, 2.05) is 23.9 Å². The molecule has 1 aromatic rings. The molecule has 2 rings (SSSR count). The van der Waals surface area contributed by atoms with E-state index in [2.05, 4.69) is 22.0 Å². The van der Waals surface area contributed by atoms with Crippen molar-refractivity contribution in [2.45, 2.75) is 11.0 Å². The van der Waals surface area contributed by atoms with Crippen LogP contribution in [-0.4, -0.2) is 18.5 Å². The Morgan fingerprint density at radius 2 is 2.29 bits per heavy atom. The highest BCUT2D eigenvalue weighted by Gasteiger charge is 2.18. The van der Waals surface area contributed by atoms with Gasteiger partial charge in [-0.2, -0.15) is 0 Å². The molecule has 2 N–H and O–H groups in total. The SMILES string of the molecule is Nc1cc(CSC2COC2)ccc1Br. The first-order valence-electron chi connectivity index (χ1n) is 4.49. The van der Waals surface area contributed by atoms with Crippen molar-refractivity contribution >= 4 is 33.4 Å². The van der Waals surface area contributed by atoms with Crippen molar-refractivity contribution in [1.29, 1.82) is 0 Å². The van der Waals surface area contributed by atoms with Crippen molar-refractivity contribution in [3.8, 4) is 0 Å². The minimum absolute atomic E-state index is 0.680. The third-order valence-corrected chi connectivity index (χ3v) is 4.12. The van der Waals surface area contributed by atoms with E-state index in [0.717, 1.165) is 29.1 Å². The quantitative estimate of drug-likeness (QED) is 0.861. The monoisotopic (exact) mass is 273 g/mol. The summed E-state index contributed by atoms with van der Waals surface area (Å²) in [6, 6.07) is 6.13. The van der Waals surface area contributed by atoms with E-state index < -0.39 is 0 Å². The average molecular weight is 274 g/mol. The van der Waals surface area contributed by atoms with E-state index in [0.29, 0.717) is 5.25 Å². The molecule has 1 aliphatic rings. The number of anilines is 1. The molecule has 0 bridgehead atoms. The van der Waals surface area contributed by atoms with E-state index in [-0.39, 0.29) is 0 Å². The third kappa shape index (κ3) is 2.43. The van der Waals surface area contributed by atoms with Gasteiger partial charge in [0.25, 0.3) is 0 Å². The summed E-state index contributed by atoms with van der Waals surface area (Å²) in [6.07, 6.45) is 0. The topological polar surface area (TPSA) is 35.2 Å². The molecule has 0 atom stereocenters. The zero-order valence-corrected chi connectivity index (χ0v) is 10.1. The number of halogens is 1. The van der Waals surface area contributed by atoms with Crippen LogP contribution in [0.2, 0.25) is 0 Å². The van der Waals surface area contributed by atoms with Gasteiger partial charge in [-0.05, 0) is 33.6 Å². The minimum atomic E-state index is 0.680. The van der Waals surface area contributed by atoms with Gasteiger partial charge in [-0.1, -0.05) is 6.07 Å². The minimum Gasteiger partial charge on any atom is -0.398 e. The highest BCUT2D eigenvalue weighted by molar-refractivity contribution is 9.10. The van der Waals surface area contributed by atoms with Gasteiger partial charge in [0.15, 0.2) is 0 Å². The van der Waals surface area contributed by atoms with Gasteiger partial charge in [-0.3, -0.25) is 0 Å². The van der Waals surface area contributed by atoms with Gasteiger partial charge in [0.1, 0.15) is 0 Å². The molecule has 76 valence electrons. The molecule has 14 heavy (non-hydrogen) atoms. The molecule has 0 aliphatic carbocycles. The van der Waals surface area contributed by atoms with Crippen LogP contribution in [0, 0.1) is 0 Å². The van der Waals surface area contributed by atoms with Crippen molar-refractivity contribution < 1.29 is 4.74 Å². The highest BCUT2D eigenvalue weighted by Crippen LogP contribution is 2.26. The number of thioether (sulfide) groups is 1. The van der Waals surface area contributed by atoms with Crippen molar-refractivity contribution in [2.75, 3.05) is 18.9 Å². The van der Waals surface area contributed by atoms with Crippen LogP contribution in [0.4, 0.5) is 5.69 Å². The first kappa shape index (κ1) is 10.3. The van der Waals surface area contributed by atoms with E-state index >= 15 is 0 Å². The molecular weight excluding hydrogens is 262 g/mol. The lowest BCUT2D eigenvalue weighted by atomic mass is 10.2. The lowest BCUT2D eigenvalue weighted by molar-refractivity contribution is 0.0455. The van der Waals surface area contributed by atoms with Gasteiger partial charge >= 0.3 is 0 Å². The van der Waals surface area contributed by atoms with E-state index in [1.54, 1.807) is 0 Å². The molecule has 0 spiro atoms. The molecule has 0 unspecified atom stereocenters. The highest BCUT2D eigenvalue weighted by atomic mass is 79.9. The van der Waals surface area contributed by atoms with Crippen molar-refractivity contribution in [2.24, 2.45) is 0 Å². The number of benzene rings is 1. The molecule has 0 amide bonds. The van der Waals surface area contributed by atoms with Crippen LogP contribution >= 0.6 is 27.7 Å². The van der Waals surface area contributed by atoms with Crippen molar-refractivity contribution in [1.82, 2.24) is 0 Å². The molecule has 1 aliphatic heterocycles. The molecule has 1 heterocycles. The molecule has 1 aromatic carbocycles. The summed E-state index contributed by atoms with van der Waals surface area (Å²) in [7, 11) is 0. The second kappa shape index (κ2) is 4.55. The third-order valence-electron chi connectivity index (χ3n) is 2.15. The van der Waals surface area contributed by atoms with Crippen molar-refractivity contribution in [3.63, 3.8) is 0 Å². The summed E-state index contributed by atoms with van der Waals surface area (Å²) in [5, 5.41) is 0.680. The van der Waals surface area contributed by atoms with Crippen molar-refractivity contribution in [3.05, 3.63) is 28.2 Å². The second-order valence-corrected chi connectivity index (χ2v) is 5.47. The normalized spacial score (nSPS) is 16.6. The summed E-state index contributed by atoms with van der Waals surface area (Å²) in [5.74, 6) is 1.02. The molecular formula is C10H12BrNOS. The summed E-state index contributed by atoms with van der Waals surface area (Å²) >= 11 is 5.32. The molecule has 1 saturated heterocycles. The number of nitrogen functional groups attached to an aromatic ring is 1. The largest absolute Gasteiger partial charge is 0.398 e. The Bertz CT molecular complexity index is 328. The average Bonchev–Trinajstić information content (AvgIpc) is 2.08. The Morgan fingerprint density at radius 1 is 1.50 bits per heavy atom. The van der Waals surface area contributed by atoms with Crippen LogP contribution in [-0.2, 0) is 10.5 Å². The fourth-order valence-corrected chi connectivity index (χ4v) is 2.45. The lowest BCUT2D eigenvalue weighted by Gasteiger charge is -2.25. The predicted octanol–water partition coefficient (Wildman–Crippen LogP) is 2.66. The van der Waals surface area contributed by atoms with Crippen LogP contribution in [0.1, 0.15) is 5.56 Å². The smallest absolute Gasteiger partial charge is 0.0608 e. The van der Waals surface area contributed by atoms with Gasteiger partial charge in [-0.15, -0.1) is 11.8 Å². The Labute approximate surface area is 96.3 Å². The maximum atomic E-state index is 5.79. The Kier molecular flexibility index (Phi) is 3.36. The van der Waals surface area contributed by atoms with Gasteiger partial charge in [-0.25, -0.2) is 0 Å². The molecule has 1 fully saturated rings. The van der Waals surface area contributed by atoms with Crippen LogP contribution in [0.5, 0.6) is 0 Å². The Balaban J connectivity index is 1.91. The standard InChI is InChI=1S/C10H12BrNOS/c11-9-2-1-7(3-10(9)12)6-14-8-4-13-5-8/h1-3,8H,4-6,12H2. The van der Waals surface area contributed by atoms with Gasteiger partial charge < -0.3 is 10.5 Å². The van der Waals surface area contributed by atoms with E-state index in [1.165, 1.54) is 5.56 Å². The number of ether oxygens (including phenoxy) is 1. The van der Waals surface area contributed by atoms with Gasteiger partial charge in [0, 0.05) is 15.9 Å². The summed E-state index contributed by atoms with van der Waals surface area (Å²) < 4.78 is 6.08. The first-order valence-corrected chi connectivity index (χ1v) is 6.33. The van der Waals surface area contributed by atoms with Gasteiger partial charge in [0.2, 0.25) is 0 Å². The van der Waals surface area contributed by atoms with Crippen LogP contribution in [0.3, 0.4) is 0 Å². The number of hydrogen-bond donors (Lipinski definition) is 1. The van der Waals surface area contributed by atoms with Crippen LogP contribution < -0.4 is 5.73 Å². The van der Waals surface area contributed by atoms with Crippen LogP contribution in [0.15, 0.2) is 22.7 Å². The summed E-state index contributed by atoms with van der Waals surface area (Å²) in [6.45, 7) is 1.80. The Hall–Kier alpha value is -0.190. The van der Waals surface area contributed by atoms with Gasteiger partial charge in [0.05, 0.1) is 18.5 Å². The molecule has 0 saturated carbocycles. The fourth-order valence-electron chi connectivity index (χ4n) is 1.21. The van der Waals surface area contributed by atoms with E-state index in [4.69, 9.17) is 10.5 Å².